The van der Waals surface area contributed by atoms with Gasteiger partial charge < -0.3 is 15.2 Å². The van der Waals surface area contributed by atoms with Crippen molar-refractivity contribution in [2.45, 2.75) is 19.1 Å². The molecule has 1 saturated heterocycles. The summed E-state index contributed by atoms with van der Waals surface area (Å²) in [6, 6.07) is 3.00. The van der Waals surface area contributed by atoms with Gasteiger partial charge in [-0.1, -0.05) is 17.7 Å². The first-order valence-corrected chi connectivity index (χ1v) is 13.9. The van der Waals surface area contributed by atoms with Crippen LogP contribution in [-0.4, -0.2) is 76.7 Å². The van der Waals surface area contributed by atoms with Gasteiger partial charge in [-0.2, -0.15) is 0 Å². The fourth-order valence-corrected chi connectivity index (χ4v) is 6.06. The second-order valence-corrected chi connectivity index (χ2v) is 10.8. The van der Waals surface area contributed by atoms with Crippen LogP contribution in [0.5, 0.6) is 0 Å². The summed E-state index contributed by atoms with van der Waals surface area (Å²) in [6.07, 6.45) is 0.494. The van der Waals surface area contributed by atoms with Crippen molar-refractivity contribution in [1.29, 1.82) is 0 Å². The summed E-state index contributed by atoms with van der Waals surface area (Å²) in [5, 5.41) is 14.6. The largest absolute Gasteiger partial charge is 0.481 e. The van der Waals surface area contributed by atoms with Crippen molar-refractivity contribution in [1.82, 2.24) is 15.2 Å². The van der Waals surface area contributed by atoms with Crippen LogP contribution in [0.25, 0.3) is 0 Å². The third kappa shape index (κ3) is 6.67. The molecule has 3 unspecified atom stereocenters. The Hall–Kier alpha value is -2.54. The maximum atomic E-state index is 14.8. The number of ether oxygens (including phenoxy) is 1. The number of thiazole rings is 1. The topological polar surface area (TPSA) is 104 Å². The standard InChI is InChI=1S/C24H25ClF2N4O4S2/c1-2-35-24(34)20-18(10-31-8-13(17(27)9-31)11-36-12-19(32)33)29-22(23-28-5-6-37-23)30-21(20)15-4-3-14(26)7-16(15)25/h3-7,13,17,21H,2,8-12H2,1H3,(H,29,30)(H,32,33). The number of benzene rings is 1. The average molecular weight is 571 g/mol. The van der Waals surface area contributed by atoms with E-state index in [0.29, 0.717) is 34.4 Å². The van der Waals surface area contributed by atoms with E-state index in [1.54, 1.807) is 18.5 Å². The Balaban J connectivity index is 1.68. The number of likely N-dealkylation sites (tertiary alicyclic amines) is 1. The fourth-order valence-electron chi connectivity index (χ4n) is 4.29. The van der Waals surface area contributed by atoms with E-state index in [9.17, 15) is 18.4 Å². The normalized spacial score (nSPS) is 22.1. The summed E-state index contributed by atoms with van der Waals surface area (Å²) in [4.78, 5) is 34.9. The zero-order chi connectivity index (χ0) is 26.5. The number of alkyl halides is 1. The van der Waals surface area contributed by atoms with E-state index in [2.05, 4.69) is 10.3 Å². The fraction of sp³-hybridized carbons (Fsp3) is 0.417. The van der Waals surface area contributed by atoms with Crippen LogP contribution in [-0.2, 0) is 14.3 Å². The molecule has 0 bridgehead atoms. The van der Waals surface area contributed by atoms with E-state index in [0.717, 1.165) is 6.07 Å². The molecule has 1 fully saturated rings. The van der Waals surface area contributed by atoms with Crippen LogP contribution in [0.2, 0.25) is 5.02 Å². The molecule has 2 aliphatic heterocycles. The first-order chi connectivity index (χ1) is 17.8. The Morgan fingerprint density at radius 3 is 2.86 bits per heavy atom. The van der Waals surface area contributed by atoms with Gasteiger partial charge in [0.1, 0.15) is 18.0 Å². The number of nitrogens with one attached hydrogen (secondary N) is 1. The van der Waals surface area contributed by atoms with Crippen LogP contribution in [0, 0.1) is 11.7 Å². The molecule has 8 nitrogen and oxygen atoms in total. The highest BCUT2D eigenvalue weighted by molar-refractivity contribution is 7.99. The van der Waals surface area contributed by atoms with E-state index in [4.69, 9.17) is 26.4 Å². The summed E-state index contributed by atoms with van der Waals surface area (Å²) in [6.45, 7) is 2.52. The van der Waals surface area contributed by atoms with Crippen molar-refractivity contribution in [2.75, 3.05) is 37.7 Å². The van der Waals surface area contributed by atoms with Crippen LogP contribution in [0.3, 0.4) is 0 Å². The molecule has 3 atom stereocenters. The third-order valence-corrected chi connectivity index (χ3v) is 8.11. The number of aliphatic imine (C=N–C) groups is 1. The molecule has 1 aromatic carbocycles. The van der Waals surface area contributed by atoms with E-state index < -0.39 is 30.0 Å². The number of esters is 1. The average Bonchev–Trinajstić information content (AvgIpc) is 3.49. The Morgan fingerprint density at radius 1 is 1.38 bits per heavy atom. The SMILES string of the molecule is CCOC(=O)C1=C(CN2CC(F)C(CSCC(=O)O)C2)NC(c2nccs2)=NC1c1ccc(F)cc1Cl. The first-order valence-electron chi connectivity index (χ1n) is 11.5. The molecule has 37 heavy (non-hydrogen) atoms. The van der Waals surface area contributed by atoms with Crippen LogP contribution in [0.4, 0.5) is 8.78 Å². The Bertz CT molecular complexity index is 1210. The lowest BCUT2D eigenvalue weighted by atomic mass is 9.95. The van der Waals surface area contributed by atoms with E-state index in [-0.39, 0.29) is 42.0 Å². The number of rotatable bonds is 10. The Labute approximate surface area is 225 Å². The lowest BCUT2D eigenvalue weighted by Crippen LogP contribution is -2.39. The molecule has 3 heterocycles. The van der Waals surface area contributed by atoms with Crippen LogP contribution in [0.1, 0.15) is 23.5 Å². The number of halogens is 3. The minimum atomic E-state index is -1.13. The van der Waals surface area contributed by atoms with Gasteiger partial charge in [0.2, 0.25) is 0 Å². The van der Waals surface area contributed by atoms with E-state index in [1.165, 1.54) is 35.2 Å². The molecule has 1 aromatic heterocycles. The quantitative estimate of drug-likeness (QED) is 0.414. The molecule has 4 rings (SSSR count). The van der Waals surface area contributed by atoms with Crippen LogP contribution < -0.4 is 5.32 Å². The number of thioether (sulfide) groups is 1. The number of carbonyl (C=O) groups is 2. The van der Waals surface area contributed by atoms with Gasteiger partial charge in [-0.15, -0.1) is 23.1 Å². The molecular formula is C24H25ClF2N4O4S2. The zero-order valence-electron chi connectivity index (χ0n) is 19.8. The molecule has 0 radical (unpaired) electrons. The third-order valence-electron chi connectivity index (χ3n) is 5.89. The van der Waals surface area contributed by atoms with Gasteiger partial charge in [0.05, 0.1) is 17.9 Å². The molecule has 2 aromatic rings. The second-order valence-electron chi connectivity index (χ2n) is 8.50. The van der Waals surface area contributed by atoms with E-state index in [1.807, 2.05) is 4.90 Å². The van der Waals surface area contributed by atoms with Gasteiger partial charge in [0.15, 0.2) is 10.8 Å². The lowest BCUT2D eigenvalue weighted by molar-refractivity contribution is -0.139. The molecule has 0 amide bonds. The summed E-state index contributed by atoms with van der Waals surface area (Å²) in [5.74, 6) is -1.71. The van der Waals surface area contributed by atoms with Crippen molar-refractivity contribution >= 4 is 52.5 Å². The smallest absolute Gasteiger partial charge is 0.338 e. The number of carboxylic acids is 1. The maximum absolute atomic E-state index is 14.8. The van der Waals surface area contributed by atoms with Crippen LogP contribution >= 0.6 is 34.7 Å². The number of nitrogens with zero attached hydrogens (tertiary/aromatic N) is 3. The highest BCUT2D eigenvalue weighted by atomic mass is 35.5. The van der Waals surface area contributed by atoms with Crippen molar-refractivity contribution in [3.05, 3.63) is 62.5 Å². The van der Waals surface area contributed by atoms with Gasteiger partial charge in [-0.05, 0) is 19.1 Å². The van der Waals surface area contributed by atoms with Gasteiger partial charge in [-0.3, -0.25) is 14.7 Å². The van der Waals surface area contributed by atoms with Crippen LogP contribution in [0.15, 0.2) is 46.0 Å². The number of hydrogen-bond donors (Lipinski definition) is 2. The predicted octanol–water partition coefficient (Wildman–Crippen LogP) is 3.93. The highest BCUT2D eigenvalue weighted by Crippen LogP contribution is 2.37. The minimum absolute atomic E-state index is 0.0866. The number of aliphatic carboxylic acids is 1. The van der Waals surface area contributed by atoms with Crippen molar-refractivity contribution in [3.8, 4) is 0 Å². The number of amidine groups is 1. The minimum Gasteiger partial charge on any atom is -0.481 e. The zero-order valence-corrected chi connectivity index (χ0v) is 22.2. The Morgan fingerprint density at radius 2 is 2.19 bits per heavy atom. The first kappa shape index (κ1) is 27.5. The molecule has 198 valence electrons. The van der Waals surface area contributed by atoms with Crippen molar-refractivity contribution in [3.63, 3.8) is 0 Å². The summed E-state index contributed by atoms with van der Waals surface area (Å²) < 4.78 is 34.0. The molecule has 13 heteroatoms. The molecule has 0 saturated carbocycles. The van der Waals surface area contributed by atoms with Crippen molar-refractivity contribution in [2.24, 2.45) is 10.9 Å². The van der Waals surface area contributed by atoms with Crippen molar-refractivity contribution < 1.29 is 28.2 Å². The molecule has 0 spiro atoms. The Kier molecular flexibility index (Phi) is 9.17. The summed E-state index contributed by atoms with van der Waals surface area (Å²) >= 11 is 8.92. The highest BCUT2D eigenvalue weighted by Gasteiger charge is 2.38. The second kappa shape index (κ2) is 12.3. The molecular weight excluding hydrogens is 546 g/mol. The van der Waals surface area contributed by atoms with Gasteiger partial charge >= 0.3 is 11.9 Å². The molecule has 0 aliphatic carbocycles. The maximum Gasteiger partial charge on any atom is 0.338 e. The summed E-state index contributed by atoms with van der Waals surface area (Å²) in [7, 11) is 0. The van der Waals surface area contributed by atoms with Gasteiger partial charge in [-0.25, -0.2) is 18.6 Å². The number of hydrogen-bond acceptors (Lipinski definition) is 9. The predicted molar refractivity (Wildman–Crippen MR) is 139 cm³/mol. The monoisotopic (exact) mass is 570 g/mol. The van der Waals surface area contributed by atoms with E-state index >= 15 is 0 Å². The molecule has 2 N–H and O–H groups in total. The van der Waals surface area contributed by atoms with Gasteiger partial charge in [0.25, 0.3) is 0 Å². The molecule has 2 aliphatic rings. The van der Waals surface area contributed by atoms with Gasteiger partial charge in [0, 0.05) is 59.2 Å². The number of carbonyl (C=O) groups excluding carboxylic acids is 1. The summed E-state index contributed by atoms with van der Waals surface area (Å²) in [5.41, 5.74) is 1.09. The lowest BCUT2D eigenvalue weighted by Gasteiger charge is -2.29. The number of carboxylic acid groups (broad SMARTS) is 1. The number of aromatic nitrogens is 1.